The number of hydrazine groups is 1. The van der Waals surface area contributed by atoms with Crippen LogP contribution in [0.15, 0.2) is 29.3 Å². The number of aliphatic imine (C=N–C) groups is 1. The van der Waals surface area contributed by atoms with Gasteiger partial charge in [0.15, 0.2) is 0 Å². The monoisotopic (exact) mass is 275 g/mol. The van der Waals surface area contributed by atoms with E-state index in [1.165, 1.54) is 6.92 Å². The lowest BCUT2D eigenvalue weighted by molar-refractivity contribution is -0.126. The zero-order valence-electron chi connectivity index (χ0n) is 11.2. The minimum atomic E-state index is -0.540. The first-order valence-corrected chi connectivity index (χ1v) is 6.29. The summed E-state index contributed by atoms with van der Waals surface area (Å²) in [6.45, 7) is 3.33. The molecular weight excluding hydrogens is 258 g/mol. The summed E-state index contributed by atoms with van der Waals surface area (Å²) in [5.41, 5.74) is 0.967. The fraction of sp³-hybridized carbons (Fsp3) is 0.308. The van der Waals surface area contributed by atoms with E-state index in [2.05, 4.69) is 15.6 Å². The second kappa shape index (κ2) is 6.16. The molecule has 2 amide bonds. The molecule has 0 aromatic heterocycles. The molecular formula is C13H17N5O2. The molecule has 0 bridgehead atoms. The molecule has 1 aliphatic heterocycles. The third kappa shape index (κ3) is 3.12. The molecule has 0 aliphatic carbocycles. The molecule has 106 valence electrons. The first-order chi connectivity index (χ1) is 9.59. The van der Waals surface area contributed by atoms with Crippen molar-refractivity contribution in [3.8, 4) is 0 Å². The van der Waals surface area contributed by atoms with E-state index < -0.39 is 11.8 Å². The second-order valence-corrected chi connectivity index (χ2v) is 4.35. The van der Waals surface area contributed by atoms with Crippen LogP contribution in [-0.4, -0.2) is 42.3 Å². The van der Waals surface area contributed by atoms with Crippen molar-refractivity contribution in [1.82, 2.24) is 10.3 Å². The number of carbonyl (C=O) groups is 2. The molecule has 0 saturated heterocycles. The first-order valence-electron chi connectivity index (χ1n) is 6.29. The average molecular weight is 275 g/mol. The Kier molecular flexibility index (Phi) is 4.31. The van der Waals surface area contributed by atoms with Crippen LogP contribution in [0.1, 0.15) is 17.3 Å². The number of para-hydroxylation sites is 1. The molecule has 1 aromatic carbocycles. The molecule has 0 radical (unpaired) electrons. The van der Waals surface area contributed by atoms with E-state index in [-0.39, 0.29) is 0 Å². The van der Waals surface area contributed by atoms with Gasteiger partial charge in [-0.05, 0) is 12.1 Å². The molecule has 7 nitrogen and oxygen atoms in total. The normalized spacial score (nSPS) is 13.4. The van der Waals surface area contributed by atoms with Crippen molar-refractivity contribution < 1.29 is 9.59 Å². The Labute approximate surface area is 116 Å². The zero-order valence-corrected chi connectivity index (χ0v) is 11.2. The van der Waals surface area contributed by atoms with E-state index >= 15 is 0 Å². The number of nitrogens with zero attached hydrogens (tertiary/aromatic N) is 2. The Morgan fingerprint density at radius 3 is 2.85 bits per heavy atom. The largest absolute Gasteiger partial charge is 0.377 e. The number of nitrogens with one attached hydrogen (secondary N) is 2. The van der Waals surface area contributed by atoms with E-state index in [1.54, 1.807) is 24.3 Å². The summed E-state index contributed by atoms with van der Waals surface area (Å²) in [6, 6.07) is 6.91. The summed E-state index contributed by atoms with van der Waals surface area (Å²) >= 11 is 0. The van der Waals surface area contributed by atoms with Crippen molar-refractivity contribution in [2.45, 2.75) is 6.92 Å². The number of carbonyl (C=O) groups excluding carboxylic acids is 2. The number of hydrogen-bond acceptors (Lipinski definition) is 6. The van der Waals surface area contributed by atoms with Crippen LogP contribution in [0.2, 0.25) is 0 Å². The molecule has 0 fully saturated rings. The summed E-state index contributed by atoms with van der Waals surface area (Å²) in [5, 5.41) is 6.86. The van der Waals surface area contributed by atoms with Gasteiger partial charge in [0, 0.05) is 19.2 Å². The quantitative estimate of drug-likeness (QED) is 0.407. The number of benzene rings is 1. The van der Waals surface area contributed by atoms with Crippen LogP contribution in [0.5, 0.6) is 0 Å². The Bertz CT molecular complexity index is 555. The van der Waals surface area contributed by atoms with Crippen molar-refractivity contribution in [3.05, 3.63) is 29.8 Å². The van der Waals surface area contributed by atoms with Gasteiger partial charge in [0.2, 0.25) is 5.91 Å². The van der Waals surface area contributed by atoms with Crippen LogP contribution in [0.25, 0.3) is 0 Å². The van der Waals surface area contributed by atoms with Gasteiger partial charge in [-0.3, -0.25) is 14.6 Å². The molecule has 20 heavy (non-hydrogen) atoms. The van der Waals surface area contributed by atoms with Crippen LogP contribution in [0.4, 0.5) is 5.69 Å². The molecule has 7 heteroatoms. The predicted molar refractivity (Wildman–Crippen MR) is 76.3 cm³/mol. The molecule has 2 rings (SSSR count). The molecule has 0 saturated carbocycles. The summed E-state index contributed by atoms with van der Waals surface area (Å²) in [7, 11) is 0. The van der Waals surface area contributed by atoms with E-state index in [1.807, 2.05) is 0 Å². The van der Waals surface area contributed by atoms with Crippen molar-refractivity contribution in [1.29, 1.82) is 0 Å². The maximum absolute atomic E-state index is 12.1. The van der Waals surface area contributed by atoms with Crippen LogP contribution < -0.4 is 16.5 Å². The Hall–Kier alpha value is -2.41. The van der Waals surface area contributed by atoms with Gasteiger partial charge < -0.3 is 10.6 Å². The lowest BCUT2D eigenvalue weighted by atomic mass is 10.1. The average Bonchev–Trinajstić information content (AvgIpc) is 2.97. The van der Waals surface area contributed by atoms with Gasteiger partial charge in [-0.25, -0.2) is 10.9 Å². The highest BCUT2D eigenvalue weighted by molar-refractivity contribution is 6.07. The summed E-state index contributed by atoms with van der Waals surface area (Å²) < 4.78 is 0. The molecule has 1 heterocycles. The highest BCUT2D eigenvalue weighted by Crippen LogP contribution is 2.16. The van der Waals surface area contributed by atoms with Crippen LogP contribution in [-0.2, 0) is 4.79 Å². The number of amidine groups is 1. The van der Waals surface area contributed by atoms with Crippen molar-refractivity contribution >= 4 is 23.3 Å². The lowest BCUT2D eigenvalue weighted by Gasteiger charge is -2.16. The zero-order chi connectivity index (χ0) is 14.5. The fourth-order valence-corrected chi connectivity index (χ4v) is 1.84. The number of imide groups is 1. The summed E-state index contributed by atoms with van der Waals surface area (Å²) in [6.07, 6.45) is 0. The van der Waals surface area contributed by atoms with Crippen molar-refractivity contribution in [2.24, 2.45) is 10.8 Å². The maximum atomic E-state index is 12.1. The van der Waals surface area contributed by atoms with E-state index in [9.17, 15) is 9.59 Å². The van der Waals surface area contributed by atoms with Gasteiger partial charge in [-0.1, -0.05) is 12.1 Å². The van der Waals surface area contributed by atoms with Crippen LogP contribution in [0, 0.1) is 0 Å². The number of rotatable bonds is 4. The third-order valence-electron chi connectivity index (χ3n) is 2.91. The van der Waals surface area contributed by atoms with Gasteiger partial charge >= 0.3 is 0 Å². The Morgan fingerprint density at radius 2 is 2.20 bits per heavy atom. The molecule has 0 unspecified atom stereocenters. The van der Waals surface area contributed by atoms with Crippen molar-refractivity contribution in [2.75, 3.05) is 25.0 Å². The van der Waals surface area contributed by atoms with Crippen LogP contribution >= 0.6 is 0 Å². The topological polar surface area (TPSA) is 99.8 Å². The van der Waals surface area contributed by atoms with E-state index in [4.69, 9.17) is 5.84 Å². The second-order valence-electron chi connectivity index (χ2n) is 4.35. The minimum Gasteiger partial charge on any atom is -0.377 e. The number of anilines is 1. The Balaban J connectivity index is 2.13. The van der Waals surface area contributed by atoms with Gasteiger partial charge in [0.1, 0.15) is 5.84 Å². The number of amides is 2. The summed E-state index contributed by atoms with van der Waals surface area (Å²) in [4.78, 5) is 27.5. The van der Waals surface area contributed by atoms with Crippen LogP contribution in [0.3, 0.4) is 0 Å². The van der Waals surface area contributed by atoms with Crippen molar-refractivity contribution in [3.63, 3.8) is 0 Å². The van der Waals surface area contributed by atoms with E-state index in [0.717, 1.165) is 18.9 Å². The first kappa shape index (κ1) is 14.0. The standard InChI is InChI=1S/C13H17N5O2/c1-9(19)18(14)13(20)10-4-2-3-5-11(10)17-8-12-15-6-7-16-12/h2-5,17H,6-8,14H2,1H3,(H,15,16). The highest BCUT2D eigenvalue weighted by atomic mass is 16.2. The molecule has 1 aliphatic rings. The number of hydrogen-bond donors (Lipinski definition) is 3. The van der Waals surface area contributed by atoms with E-state index in [0.29, 0.717) is 22.8 Å². The number of nitrogens with two attached hydrogens (primary N) is 1. The minimum absolute atomic E-state index is 0.351. The molecule has 0 atom stereocenters. The summed E-state index contributed by atoms with van der Waals surface area (Å²) in [5.74, 6) is 5.25. The molecule has 1 aromatic rings. The fourth-order valence-electron chi connectivity index (χ4n) is 1.84. The van der Waals surface area contributed by atoms with Gasteiger partial charge in [0.25, 0.3) is 5.91 Å². The van der Waals surface area contributed by atoms with Gasteiger partial charge in [-0.2, -0.15) is 0 Å². The van der Waals surface area contributed by atoms with Gasteiger partial charge in [-0.15, -0.1) is 0 Å². The SMILES string of the molecule is CC(=O)N(N)C(=O)c1ccccc1NCC1=NCCN1. The molecule has 4 N–H and O–H groups in total. The Morgan fingerprint density at radius 1 is 1.45 bits per heavy atom. The maximum Gasteiger partial charge on any atom is 0.276 e. The smallest absolute Gasteiger partial charge is 0.276 e. The highest BCUT2D eigenvalue weighted by Gasteiger charge is 2.19. The third-order valence-corrected chi connectivity index (χ3v) is 2.91. The predicted octanol–water partition coefficient (Wildman–Crippen LogP) is -0.0374. The van der Waals surface area contributed by atoms with Gasteiger partial charge in [0.05, 0.1) is 18.7 Å². The lowest BCUT2D eigenvalue weighted by Crippen LogP contribution is -2.41. The molecule has 0 spiro atoms.